The summed E-state index contributed by atoms with van der Waals surface area (Å²) >= 11 is 0. The molecule has 0 aromatic carbocycles. The van der Waals surface area contributed by atoms with E-state index in [2.05, 4.69) is 20.3 Å². The molecule has 2 aromatic rings. The average molecular weight is 441 g/mol. The normalized spacial score (nSPS) is 19.8. The summed E-state index contributed by atoms with van der Waals surface area (Å²) in [6.45, 7) is 1.59. The highest BCUT2D eigenvalue weighted by Crippen LogP contribution is 2.42. The fraction of sp³-hybridized carbons (Fsp3) is 0.476. The van der Waals surface area contributed by atoms with Crippen LogP contribution in [0.2, 0.25) is 0 Å². The number of ether oxygens (including phenoxy) is 1. The largest absolute Gasteiger partial charge is 0.506 e. The topological polar surface area (TPSA) is 170 Å². The molecule has 0 aliphatic carbocycles. The number of hydrogen-bond donors (Lipinski definition) is 4. The zero-order valence-corrected chi connectivity index (χ0v) is 17.7. The Morgan fingerprint density at radius 3 is 2.88 bits per heavy atom. The summed E-state index contributed by atoms with van der Waals surface area (Å²) in [5, 5.41) is 12.1. The maximum absolute atomic E-state index is 12.7. The molecule has 2 aliphatic heterocycles. The van der Waals surface area contributed by atoms with Gasteiger partial charge >= 0.3 is 0 Å². The Bertz CT molecular complexity index is 1030. The lowest BCUT2D eigenvalue weighted by atomic mass is 9.90. The SMILES string of the molecule is Nc1nc(N)c2c(n1)O[C@@]1(CCCN(C(=O)CCCNC(=O)c3cncc(O)c3)CC1)C2. The number of fused-ring (bicyclic) bond motifs is 1. The van der Waals surface area contributed by atoms with Gasteiger partial charge in [-0.25, -0.2) is 0 Å². The number of nitrogens with one attached hydrogen (secondary N) is 1. The van der Waals surface area contributed by atoms with E-state index in [9.17, 15) is 14.7 Å². The second kappa shape index (κ2) is 8.85. The quantitative estimate of drug-likeness (QED) is 0.486. The summed E-state index contributed by atoms with van der Waals surface area (Å²) in [5.41, 5.74) is 12.3. The second-order valence-corrected chi connectivity index (χ2v) is 8.24. The molecule has 2 aromatic heterocycles. The summed E-state index contributed by atoms with van der Waals surface area (Å²) in [6, 6.07) is 1.34. The van der Waals surface area contributed by atoms with Crippen molar-refractivity contribution in [1.82, 2.24) is 25.2 Å². The minimum absolute atomic E-state index is 0.0504. The molecule has 32 heavy (non-hydrogen) atoms. The van der Waals surface area contributed by atoms with Gasteiger partial charge in [-0.1, -0.05) is 0 Å². The number of amides is 2. The third-order valence-corrected chi connectivity index (χ3v) is 5.92. The molecule has 11 nitrogen and oxygen atoms in total. The minimum Gasteiger partial charge on any atom is -0.506 e. The average Bonchev–Trinajstić information content (AvgIpc) is 2.98. The molecule has 4 heterocycles. The molecule has 1 saturated heterocycles. The molecule has 2 amide bonds. The highest BCUT2D eigenvalue weighted by molar-refractivity contribution is 5.94. The Kier molecular flexibility index (Phi) is 5.97. The first-order chi connectivity index (χ1) is 15.3. The number of pyridine rings is 1. The lowest BCUT2D eigenvalue weighted by Gasteiger charge is -2.27. The van der Waals surface area contributed by atoms with Gasteiger partial charge in [0.25, 0.3) is 5.91 Å². The van der Waals surface area contributed by atoms with E-state index in [1.807, 2.05) is 4.90 Å². The molecule has 0 saturated carbocycles. The van der Waals surface area contributed by atoms with Crippen molar-refractivity contribution >= 4 is 23.6 Å². The molecule has 6 N–H and O–H groups in total. The maximum Gasteiger partial charge on any atom is 0.252 e. The first-order valence-electron chi connectivity index (χ1n) is 10.7. The Labute approximate surface area is 185 Å². The monoisotopic (exact) mass is 441 g/mol. The van der Waals surface area contributed by atoms with Crippen molar-refractivity contribution in [2.24, 2.45) is 0 Å². The number of nitrogens with two attached hydrogens (primary N) is 2. The molecule has 0 bridgehead atoms. The van der Waals surface area contributed by atoms with E-state index in [4.69, 9.17) is 16.2 Å². The fourth-order valence-corrected chi connectivity index (χ4v) is 4.26. The van der Waals surface area contributed by atoms with Crippen LogP contribution in [0.1, 0.15) is 48.0 Å². The van der Waals surface area contributed by atoms with Crippen LogP contribution in [0.25, 0.3) is 0 Å². The molecular formula is C21H27N7O4. The van der Waals surface area contributed by atoms with Crippen molar-refractivity contribution in [3.63, 3.8) is 0 Å². The van der Waals surface area contributed by atoms with Crippen molar-refractivity contribution in [2.75, 3.05) is 31.1 Å². The van der Waals surface area contributed by atoms with Crippen LogP contribution in [0, 0.1) is 0 Å². The molecule has 0 radical (unpaired) electrons. The molecule has 1 spiro atoms. The van der Waals surface area contributed by atoms with Crippen LogP contribution in [0.15, 0.2) is 18.5 Å². The summed E-state index contributed by atoms with van der Waals surface area (Å²) in [4.78, 5) is 38.6. The number of aromatic hydroxyl groups is 1. The molecule has 1 atom stereocenters. The van der Waals surface area contributed by atoms with Crippen LogP contribution in [0.3, 0.4) is 0 Å². The van der Waals surface area contributed by atoms with E-state index in [0.717, 1.165) is 18.4 Å². The lowest BCUT2D eigenvalue weighted by molar-refractivity contribution is -0.131. The van der Waals surface area contributed by atoms with Crippen LogP contribution in [-0.4, -0.2) is 62.0 Å². The number of nitrogens with zero attached hydrogens (tertiary/aromatic N) is 4. The van der Waals surface area contributed by atoms with Crippen LogP contribution in [0.5, 0.6) is 11.6 Å². The van der Waals surface area contributed by atoms with E-state index in [1.54, 1.807) is 0 Å². The zero-order valence-electron chi connectivity index (χ0n) is 17.7. The summed E-state index contributed by atoms with van der Waals surface area (Å²) < 4.78 is 6.16. The minimum atomic E-state index is -0.433. The Morgan fingerprint density at radius 1 is 1.22 bits per heavy atom. The number of aromatic nitrogens is 3. The van der Waals surface area contributed by atoms with Gasteiger partial charge in [0, 0.05) is 45.1 Å². The van der Waals surface area contributed by atoms with Gasteiger partial charge in [0.2, 0.25) is 17.7 Å². The molecule has 0 unspecified atom stereocenters. The summed E-state index contributed by atoms with van der Waals surface area (Å²) in [6.07, 6.45) is 6.39. The van der Waals surface area contributed by atoms with Crippen LogP contribution >= 0.6 is 0 Å². The third kappa shape index (κ3) is 4.66. The van der Waals surface area contributed by atoms with E-state index in [0.29, 0.717) is 57.0 Å². The van der Waals surface area contributed by atoms with Crippen molar-refractivity contribution in [3.8, 4) is 11.6 Å². The number of rotatable bonds is 5. The Hall–Kier alpha value is -3.63. The number of carbonyl (C=O) groups is 2. The number of carbonyl (C=O) groups excluding carboxylic acids is 2. The second-order valence-electron chi connectivity index (χ2n) is 8.24. The van der Waals surface area contributed by atoms with Crippen LogP contribution < -0.4 is 21.5 Å². The number of hydrogen-bond acceptors (Lipinski definition) is 9. The maximum atomic E-state index is 12.7. The lowest BCUT2D eigenvalue weighted by Crippen LogP contribution is -2.37. The van der Waals surface area contributed by atoms with E-state index >= 15 is 0 Å². The molecule has 11 heteroatoms. The van der Waals surface area contributed by atoms with Gasteiger partial charge in [0.15, 0.2) is 0 Å². The van der Waals surface area contributed by atoms with Gasteiger partial charge in [-0.05, 0) is 25.3 Å². The third-order valence-electron chi connectivity index (χ3n) is 5.92. The van der Waals surface area contributed by atoms with Gasteiger partial charge in [0.1, 0.15) is 17.2 Å². The number of nitrogen functional groups attached to an aromatic ring is 2. The molecule has 2 aliphatic rings. The van der Waals surface area contributed by atoms with Crippen LogP contribution in [0.4, 0.5) is 11.8 Å². The standard InChI is InChI=1S/C21H27N7O4/c22-17-15-10-21(32-19(15)27-20(23)26-17)4-2-7-28(8-5-21)16(30)3-1-6-25-18(31)13-9-14(29)12-24-11-13/h9,11-12,29H,1-8,10H2,(H,25,31)(H4,22,23,26,27)/t21-/m1/s1. The smallest absolute Gasteiger partial charge is 0.252 e. The number of likely N-dealkylation sites (tertiary alicyclic amines) is 1. The molecule has 1 fully saturated rings. The highest BCUT2D eigenvalue weighted by atomic mass is 16.5. The first kappa shape index (κ1) is 21.6. The zero-order chi connectivity index (χ0) is 22.7. The Morgan fingerprint density at radius 2 is 2.06 bits per heavy atom. The summed E-state index contributed by atoms with van der Waals surface area (Å²) in [5.74, 6) is 0.542. The fourth-order valence-electron chi connectivity index (χ4n) is 4.26. The summed E-state index contributed by atoms with van der Waals surface area (Å²) in [7, 11) is 0. The van der Waals surface area contributed by atoms with Gasteiger partial charge in [0.05, 0.1) is 17.3 Å². The van der Waals surface area contributed by atoms with Crippen LogP contribution in [-0.2, 0) is 11.2 Å². The van der Waals surface area contributed by atoms with Gasteiger partial charge in [-0.2, -0.15) is 9.97 Å². The Balaban J connectivity index is 1.25. The van der Waals surface area contributed by atoms with Crippen molar-refractivity contribution in [1.29, 1.82) is 0 Å². The predicted octanol–water partition coefficient (Wildman–Crippen LogP) is 0.638. The highest BCUT2D eigenvalue weighted by Gasteiger charge is 2.43. The van der Waals surface area contributed by atoms with Gasteiger partial charge < -0.3 is 31.5 Å². The van der Waals surface area contributed by atoms with Gasteiger partial charge in [-0.15, -0.1) is 0 Å². The van der Waals surface area contributed by atoms with Crippen molar-refractivity contribution < 1.29 is 19.4 Å². The first-order valence-corrected chi connectivity index (χ1v) is 10.7. The molecule has 4 rings (SSSR count). The number of anilines is 2. The van der Waals surface area contributed by atoms with E-state index in [1.165, 1.54) is 18.5 Å². The molecule has 170 valence electrons. The van der Waals surface area contributed by atoms with Gasteiger partial charge in [-0.3, -0.25) is 14.6 Å². The predicted molar refractivity (Wildman–Crippen MR) is 116 cm³/mol. The molecular weight excluding hydrogens is 414 g/mol. The van der Waals surface area contributed by atoms with Crippen molar-refractivity contribution in [3.05, 3.63) is 29.6 Å². The van der Waals surface area contributed by atoms with Crippen molar-refractivity contribution in [2.45, 2.75) is 44.1 Å². The van der Waals surface area contributed by atoms with E-state index in [-0.39, 0.29) is 29.1 Å². The van der Waals surface area contributed by atoms with E-state index < -0.39 is 5.60 Å².